The topological polar surface area (TPSA) is 74.0 Å². The molecule has 2 heterocycles. The fourth-order valence-electron chi connectivity index (χ4n) is 2.88. The summed E-state index contributed by atoms with van der Waals surface area (Å²) in [6, 6.07) is 7.19. The molecule has 1 N–H and O–H groups in total. The molecule has 7 nitrogen and oxygen atoms in total. The van der Waals surface area contributed by atoms with Crippen LogP contribution < -0.4 is 10.1 Å². The van der Waals surface area contributed by atoms with Crippen LogP contribution >= 0.6 is 0 Å². The van der Waals surface area contributed by atoms with Crippen molar-refractivity contribution in [2.45, 2.75) is 39.3 Å². The minimum absolute atomic E-state index is 0.0295. The van der Waals surface area contributed by atoms with Crippen molar-refractivity contribution in [1.82, 2.24) is 19.6 Å². The quantitative estimate of drug-likeness (QED) is 0.747. The van der Waals surface area contributed by atoms with Crippen LogP contribution in [0.2, 0.25) is 0 Å². The molecule has 132 valence electrons. The van der Waals surface area contributed by atoms with Gasteiger partial charge in [0.05, 0.1) is 17.0 Å². The number of nitrogens with one attached hydrogen (secondary N) is 1. The normalized spacial score (nSPS) is 12.5. The molecule has 0 fully saturated rings. The van der Waals surface area contributed by atoms with Gasteiger partial charge in [-0.25, -0.2) is 0 Å². The number of rotatable bonds is 6. The first kappa shape index (κ1) is 17.0. The van der Waals surface area contributed by atoms with Crippen molar-refractivity contribution in [1.29, 1.82) is 0 Å². The predicted molar refractivity (Wildman–Crippen MR) is 96.7 cm³/mol. The van der Waals surface area contributed by atoms with Gasteiger partial charge in [-0.05, 0) is 38.5 Å². The molecule has 1 atom stereocenters. The Bertz CT molecular complexity index is 867. The molecule has 0 radical (unpaired) electrons. The molecular formula is C18H23N5O2. The van der Waals surface area contributed by atoms with Crippen LogP contribution in [0.5, 0.6) is 5.75 Å². The summed E-state index contributed by atoms with van der Waals surface area (Å²) < 4.78 is 9.30. The second-order valence-corrected chi connectivity index (χ2v) is 6.19. The van der Waals surface area contributed by atoms with E-state index in [0.717, 1.165) is 10.9 Å². The lowest BCUT2D eigenvalue weighted by Gasteiger charge is -2.15. The molecule has 0 bridgehead atoms. The van der Waals surface area contributed by atoms with Crippen molar-refractivity contribution in [3.63, 3.8) is 0 Å². The second kappa shape index (κ2) is 6.96. The van der Waals surface area contributed by atoms with Crippen molar-refractivity contribution >= 4 is 22.6 Å². The Morgan fingerprint density at radius 1 is 1.32 bits per heavy atom. The van der Waals surface area contributed by atoms with Crippen LogP contribution in [0.4, 0.5) is 5.82 Å². The number of aryl methyl sites for hydroxylation is 1. The van der Waals surface area contributed by atoms with Gasteiger partial charge >= 0.3 is 0 Å². The summed E-state index contributed by atoms with van der Waals surface area (Å²) in [5.41, 5.74) is 0.903. The number of hydrogen-bond acceptors (Lipinski definition) is 4. The average Bonchev–Trinajstić information content (AvgIpc) is 3.18. The first-order chi connectivity index (χ1) is 12.0. The minimum Gasteiger partial charge on any atom is -0.490 e. The van der Waals surface area contributed by atoms with Crippen molar-refractivity contribution in [3.05, 3.63) is 36.7 Å². The van der Waals surface area contributed by atoms with E-state index in [0.29, 0.717) is 18.0 Å². The van der Waals surface area contributed by atoms with Gasteiger partial charge in [-0.3, -0.25) is 14.2 Å². The Morgan fingerprint density at radius 3 is 2.76 bits per heavy atom. The number of carbonyl (C=O) groups is 1. The number of aromatic nitrogens is 4. The van der Waals surface area contributed by atoms with E-state index in [-0.39, 0.29) is 18.1 Å². The summed E-state index contributed by atoms with van der Waals surface area (Å²) in [7, 11) is 1.85. The fraction of sp³-hybridized carbons (Fsp3) is 0.389. The molecule has 25 heavy (non-hydrogen) atoms. The van der Waals surface area contributed by atoms with Crippen LogP contribution in [0.25, 0.3) is 10.9 Å². The summed E-state index contributed by atoms with van der Waals surface area (Å²) in [5.74, 6) is 1.07. The van der Waals surface area contributed by atoms with E-state index in [2.05, 4.69) is 15.5 Å². The van der Waals surface area contributed by atoms with Gasteiger partial charge in [0, 0.05) is 19.4 Å². The number of ether oxygens (including phenoxy) is 1. The number of anilines is 1. The first-order valence-electron chi connectivity index (χ1n) is 8.43. The van der Waals surface area contributed by atoms with E-state index in [1.165, 1.54) is 0 Å². The Labute approximate surface area is 146 Å². The minimum atomic E-state index is -0.384. The molecule has 0 aliphatic rings. The molecule has 0 unspecified atom stereocenters. The zero-order chi connectivity index (χ0) is 18.0. The van der Waals surface area contributed by atoms with Crippen LogP contribution in [-0.2, 0) is 11.8 Å². The van der Waals surface area contributed by atoms with Crippen molar-refractivity contribution in [3.8, 4) is 5.75 Å². The van der Waals surface area contributed by atoms with Gasteiger partial charge in [-0.2, -0.15) is 10.2 Å². The highest BCUT2D eigenvalue weighted by Crippen LogP contribution is 2.33. The van der Waals surface area contributed by atoms with Gasteiger partial charge in [0.25, 0.3) is 0 Å². The van der Waals surface area contributed by atoms with Gasteiger partial charge in [0.15, 0.2) is 5.82 Å². The monoisotopic (exact) mass is 341 g/mol. The molecule has 0 saturated heterocycles. The number of hydrogen-bond donors (Lipinski definition) is 1. The van der Waals surface area contributed by atoms with Crippen molar-refractivity contribution in [2.75, 3.05) is 5.32 Å². The summed E-state index contributed by atoms with van der Waals surface area (Å²) in [6.07, 6.45) is 4.12. The number of amides is 1. The predicted octanol–water partition coefficient (Wildman–Crippen LogP) is 3.15. The molecule has 2 aromatic heterocycles. The Morgan fingerprint density at radius 2 is 2.12 bits per heavy atom. The van der Waals surface area contributed by atoms with Gasteiger partial charge in [0.2, 0.25) is 5.91 Å². The Kier molecular flexibility index (Phi) is 4.74. The first-order valence-corrected chi connectivity index (χ1v) is 8.43. The highest BCUT2D eigenvalue weighted by molar-refractivity contribution is 6.03. The summed E-state index contributed by atoms with van der Waals surface area (Å²) >= 11 is 0. The standard InChI is InChI=1S/C18H23N5O2/c1-5-13(23-11-7-10-19-23)18(24)20-17-16-14(22(4)21-17)8-6-9-15(16)25-12(2)3/h6-13H,5H2,1-4H3,(H,20,21,24)/t13-/m1/s1. The maximum Gasteiger partial charge on any atom is 0.250 e. The third kappa shape index (κ3) is 3.35. The van der Waals surface area contributed by atoms with E-state index in [9.17, 15) is 4.79 Å². The van der Waals surface area contributed by atoms with Gasteiger partial charge in [-0.1, -0.05) is 13.0 Å². The molecule has 7 heteroatoms. The molecule has 0 saturated carbocycles. The largest absolute Gasteiger partial charge is 0.490 e. The van der Waals surface area contributed by atoms with Crippen LogP contribution in [0.1, 0.15) is 33.2 Å². The zero-order valence-electron chi connectivity index (χ0n) is 14.9. The van der Waals surface area contributed by atoms with Gasteiger partial charge in [0.1, 0.15) is 11.8 Å². The molecule has 3 aromatic rings. The van der Waals surface area contributed by atoms with Crippen LogP contribution in [0, 0.1) is 0 Å². The van der Waals surface area contributed by atoms with Crippen molar-refractivity contribution < 1.29 is 9.53 Å². The third-order valence-electron chi connectivity index (χ3n) is 3.98. The SMILES string of the molecule is CC[C@H](C(=O)Nc1nn(C)c2cccc(OC(C)C)c12)n1cccn1. The van der Waals surface area contributed by atoms with E-state index < -0.39 is 0 Å². The smallest absolute Gasteiger partial charge is 0.250 e. The Hall–Kier alpha value is -2.83. The lowest BCUT2D eigenvalue weighted by atomic mass is 10.2. The molecular weight excluding hydrogens is 318 g/mol. The van der Waals surface area contributed by atoms with Crippen LogP contribution in [0.15, 0.2) is 36.7 Å². The lowest BCUT2D eigenvalue weighted by molar-refractivity contribution is -0.119. The van der Waals surface area contributed by atoms with Crippen LogP contribution in [0.3, 0.4) is 0 Å². The molecule has 0 spiro atoms. The molecule has 0 aliphatic carbocycles. The number of benzene rings is 1. The van der Waals surface area contributed by atoms with Gasteiger partial charge < -0.3 is 10.1 Å². The third-order valence-corrected chi connectivity index (χ3v) is 3.98. The highest BCUT2D eigenvalue weighted by atomic mass is 16.5. The summed E-state index contributed by atoms with van der Waals surface area (Å²) in [5, 5.41) is 12.4. The second-order valence-electron chi connectivity index (χ2n) is 6.19. The summed E-state index contributed by atoms with van der Waals surface area (Å²) in [4.78, 5) is 12.8. The zero-order valence-corrected chi connectivity index (χ0v) is 14.9. The number of nitrogens with zero attached hydrogens (tertiary/aromatic N) is 4. The number of fused-ring (bicyclic) bond motifs is 1. The molecule has 1 aromatic carbocycles. The number of carbonyl (C=O) groups excluding carboxylic acids is 1. The van der Waals surface area contributed by atoms with Gasteiger partial charge in [-0.15, -0.1) is 0 Å². The molecule has 1 amide bonds. The Balaban J connectivity index is 1.97. The van der Waals surface area contributed by atoms with E-state index >= 15 is 0 Å². The maximum absolute atomic E-state index is 12.8. The van der Waals surface area contributed by atoms with Crippen molar-refractivity contribution in [2.24, 2.45) is 7.05 Å². The molecule has 3 rings (SSSR count). The average molecular weight is 341 g/mol. The van der Waals surface area contributed by atoms with E-state index in [1.54, 1.807) is 27.8 Å². The maximum atomic E-state index is 12.8. The van der Waals surface area contributed by atoms with Crippen LogP contribution in [-0.4, -0.2) is 31.6 Å². The fourth-order valence-corrected chi connectivity index (χ4v) is 2.88. The summed E-state index contributed by atoms with van der Waals surface area (Å²) in [6.45, 7) is 5.90. The molecule has 0 aliphatic heterocycles. The lowest BCUT2D eigenvalue weighted by Crippen LogP contribution is -2.26. The highest BCUT2D eigenvalue weighted by Gasteiger charge is 2.22. The van der Waals surface area contributed by atoms with E-state index in [1.807, 2.05) is 46.0 Å². The van der Waals surface area contributed by atoms with E-state index in [4.69, 9.17) is 4.74 Å².